The van der Waals surface area contributed by atoms with Crippen LogP contribution in [-0.2, 0) is 15.6 Å². The molecule has 0 radical (unpaired) electrons. The summed E-state index contributed by atoms with van der Waals surface area (Å²) in [6.07, 6.45) is 0.411. The predicted octanol–water partition coefficient (Wildman–Crippen LogP) is 4.83. The summed E-state index contributed by atoms with van der Waals surface area (Å²) in [7, 11) is -3.17. The molecule has 164 valence electrons. The van der Waals surface area contributed by atoms with E-state index in [-0.39, 0.29) is 41.4 Å². The van der Waals surface area contributed by atoms with E-state index in [4.69, 9.17) is 10.5 Å². The summed E-state index contributed by atoms with van der Waals surface area (Å²) in [6, 6.07) is 26.0. The Hall–Kier alpha value is -2.59. The number of para-hydroxylation sites is 1. The van der Waals surface area contributed by atoms with Crippen LogP contribution in [0.4, 0.5) is 5.69 Å². The second-order valence-electron chi connectivity index (χ2n) is 6.77. The Bertz CT molecular complexity index is 1080. The molecule has 3 aromatic carbocycles. The van der Waals surface area contributed by atoms with E-state index in [1.165, 1.54) is 0 Å². The zero-order valence-electron chi connectivity index (χ0n) is 17.0. The van der Waals surface area contributed by atoms with Crippen molar-refractivity contribution in [3.63, 3.8) is 0 Å². The number of nitrogens with one attached hydrogen (secondary N) is 1. The fourth-order valence-electron chi connectivity index (χ4n) is 2.83. The Labute approximate surface area is 200 Å². The minimum atomic E-state index is -3.17. The Balaban J connectivity index is 0.00000341. The summed E-state index contributed by atoms with van der Waals surface area (Å²) in [5.41, 5.74) is 7.46. The van der Waals surface area contributed by atoms with Gasteiger partial charge in [0.05, 0.1) is 11.5 Å². The number of rotatable bonds is 9. The van der Waals surface area contributed by atoms with E-state index < -0.39 is 9.84 Å². The first-order valence-corrected chi connectivity index (χ1v) is 11.5. The smallest absolute Gasteiger partial charge is 0.193 e. The van der Waals surface area contributed by atoms with Gasteiger partial charge in [-0.3, -0.25) is 4.99 Å². The van der Waals surface area contributed by atoms with Gasteiger partial charge in [-0.05, 0) is 36.2 Å². The molecule has 0 heterocycles. The largest absolute Gasteiger partial charge is 0.457 e. The third-order valence-corrected chi connectivity index (χ3v) is 5.89. The summed E-state index contributed by atoms with van der Waals surface area (Å²) >= 11 is 0. The molecule has 0 atom stereocenters. The van der Waals surface area contributed by atoms with Crippen LogP contribution in [0.5, 0.6) is 11.5 Å². The molecule has 31 heavy (non-hydrogen) atoms. The highest BCUT2D eigenvalue weighted by atomic mass is 127. The first kappa shape index (κ1) is 24.7. The van der Waals surface area contributed by atoms with E-state index in [1.54, 1.807) is 0 Å². The number of sulfone groups is 1. The number of guanidine groups is 1. The van der Waals surface area contributed by atoms with Crippen LogP contribution >= 0.6 is 24.0 Å². The first-order valence-electron chi connectivity index (χ1n) is 9.64. The topological polar surface area (TPSA) is 93.8 Å². The Morgan fingerprint density at radius 1 is 0.903 bits per heavy atom. The van der Waals surface area contributed by atoms with Gasteiger partial charge in [0.2, 0.25) is 0 Å². The summed E-state index contributed by atoms with van der Waals surface area (Å²) < 4.78 is 30.2. The zero-order valence-corrected chi connectivity index (χ0v) is 20.1. The second kappa shape index (κ2) is 12.3. The monoisotopic (exact) mass is 551 g/mol. The molecule has 8 heteroatoms. The molecule has 0 saturated carbocycles. The molecular weight excluding hydrogens is 525 g/mol. The van der Waals surface area contributed by atoms with Gasteiger partial charge in [-0.15, -0.1) is 24.0 Å². The van der Waals surface area contributed by atoms with Gasteiger partial charge in [-0.2, -0.15) is 0 Å². The van der Waals surface area contributed by atoms with Crippen LogP contribution in [0.2, 0.25) is 0 Å². The molecule has 0 bridgehead atoms. The highest BCUT2D eigenvalue weighted by molar-refractivity contribution is 14.0. The van der Waals surface area contributed by atoms with Crippen LogP contribution in [0.15, 0.2) is 89.9 Å². The van der Waals surface area contributed by atoms with Crippen molar-refractivity contribution in [1.82, 2.24) is 0 Å². The maximum absolute atomic E-state index is 12.2. The zero-order chi connectivity index (χ0) is 21.2. The molecule has 3 N–H and O–H groups in total. The molecule has 0 aromatic heterocycles. The van der Waals surface area contributed by atoms with Crippen molar-refractivity contribution in [2.45, 2.75) is 12.2 Å². The molecule has 0 amide bonds. The third kappa shape index (κ3) is 8.97. The standard InChI is InChI=1S/C23H25N3O3S.HI/c24-23(25-15-8-16-30(27,28)18-19-9-3-1-4-10-19)26-20-11-7-14-22(17-20)29-21-12-5-2-6-13-21;/h1-7,9-14,17H,8,15-16,18H2,(H3,24,25,26);1H. The van der Waals surface area contributed by atoms with Gasteiger partial charge >= 0.3 is 0 Å². The van der Waals surface area contributed by atoms with Crippen LogP contribution in [0.25, 0.3) is 0 Å². The lowest BCUT2D eigenvalue weighted by Crippen LogP contribution is -2.23. The van der Waals surface area contributed by atoms with E-state index in [0.29, 0.717) is 18.7 Å². The van der Waals surface area contributed by atoms with Crippen LogP contribution in [0, 0.1) is 0 Å². The summed E-state index contributed by atoms with van der Waals surface area (Å²) in [4.78, 5) is 4.22. The fourth-order valence-corrected chi connectivity index (χ4v) is 4.25. The van der Waals surface area contributed by atoms with Crippen LogP contribution in [0.1, 0.15) is 12.0 Å². The molecule has 0 aliphatic carbocycles. The number of nitrogens with two attached hydrogens (primary N) is 1. The number of nitrogens with zero attached hydrogens (tertiary/aromatic N) is 1. The van der Waals surface area contributed by atoms with E-state index in [2.05, 4.69) is 10.3 Å². The van der Waals surface area contributed by atoms with Crippen LogP contribution < -0.4 is 15.8 Å². The number of hydrogen-bond acceptors (Lipinski definition) is 4. The highest BCUT2D eigenvalue weighted by Gasteiger charge is 2.11. The molecule has 0 aliphatic rings. The molecule has 3 rings (SSSR count). The fraction of sp³-hybridized carbons (Fsp3) is 0.174. The number of halogens is 1. The average Bonchev–Trinajstić information content (AvgIpc) is 2.73. The normalized spacial score (nSPS) is 11.4. The van der Waals surface area contributed by atoms with Gasteiger partial charge < -0.3 is 15.8 Å². The Kier molecular flexibility index (Phi) is 9.80. The van der Waals surface area contributed by atoms with Crippen molar-refractivity contribution in [3.8, 4) is 11.5 Å². The number of anilines is 1. The molecule has 0 saturated heterocycles. The van der Waals surface area contributed by atoms with Gasteiger partial charge in [0.15, 0.2) is 15.8 Å². The maximum atomic E-state index is 12.2. The summed E-state index contributed by atoms with van der Waals surface area (Å²) in [5, 5.41) is 3.00. The van der Waals surface area contributed by atoms with Crippen molar-refractivity contribution >= 4 is 45.5 Å². The summed E-state index contributed by atoms with van der Waals surface area (Å²) in [6.45, 7) is 0.326. The van der Waals surface area contributed by atoms with Gasteiger partial charge in [0.25, 0.3) is 0 Å². The van der Waals surface area contributed by atoms with E-state index in [9.17, 15) is 8.42 Å². The van der Waals surface area contributed by atoms with Gasteiger partial charge in [0.1, 0.15) is 11.5 Å². The minimum Gasteiger partial charge on any atom is -0.457 e. The lowest BCUT2D eigenvalue weighted by Gasteiger charge is -2.09. The Morgan fingerprint density at radius 3 is 2.26 bits per heavy atom. The lowest BCUT2D eigenvalue weighted by molar-refractivity contribution is 0.483. The predicted molar refractivity (Wildman–Crippen MR) is 137 cm³/mol. The first-order chi connectivity index (χ1) is 14.5. The molecule has 0 fully saturated rings. The van der Waals surface area contributed by atoms with Crippen molar-refractivity contribution < 1.29 is 13.2 Å². The quantitative estimate of drug-likeness (QED) is 0.172. The number of aliphatic imine (C=N–C) groups is 1. The second-order valence-corrected chi connectivity index (χ2v) is 8.95. The molecule has 0 spiro atoms. The van der Waals surface area contributed by atoms with Crippen LogP contribution in [-0.4, -0.2) is 26.7 Å². The summed E-state index contributed by atoms with van der Waals surface area (Å²) in [5.74, 6) is 1.75. The van der Waals surface area contributed by atoms with Crippen molar-refractivity contribution in [1.29, 1.82) is 0 Å². The van der Waals surface area contributed by atoms with E-state index >= 15 is 0 Å². The van der Waals surface area contributed by atoms with Gasteiger partial charge in [-0.25, -0.2) is 8.42 Å². The molecule has 0 unspecified atom stereocenters. The van der Waals surface area contributed by atoms with Crippen molar-refractivity contribution in [2.75, 3.05) is 17.6 Å². The van der Waals surface area contributed by atoms with Crippen molar-refractivity contribution in [3.05, 3.63) is 90.5 Å². The lowest BCUT2D eigenvalue weighted by atomic mass is 10.2. The van der Waals surface area contributed by atoms with E-state index in [1.807, 2.05) is 84.9 Å². The van der Waals surface area contributed by atoms with Gasteiger partial charge in [-0.1, -0.05) is 54.6 Å². The molecular formula is C23H26IN3O3S. The molecule has 0 aliphatic heterocycles. The Morgan fingerprint density at radius 2 is 1.55 bits per heavy atom. The number of benzene rings is 3. The number of hydrogen-bond donors (Lipinski definition) is 2. The van der Waals surface area contributed by atoms with Crippen molar-refractivity contribution in [2.24, 2.45) is 10.7 Å². The SMILES string of the molecule is I.NC(=NCCCS(=O)(=O)Cc1ccccc1)Nc1cccc(Oc2ccccc2)c1. The van der Waals surface area contributed by atoms with Gasteiger partial charge in [0, 0.05) is 18.3 Å². The highest BCUT2D eigenvalue weighted by Crippen LogP contribution is 2.23. The third-order valence-electron chi connectivity index (χ3n) is 4.21. The van der Waals surface area contributed by atoms with E-state index in [0.717, 1.165) is 17.0 Å². The average molecular weight is 551 g/mol. The minimum absolute atomic E-state index is 0. The maximum Gasteiger partial charge on any atom is 0.193 e. The molecule has 3 aromatic rings. The molecule has 6 nitrogen and oxygen atoms in total. The van der Waals surface area contributed by atoms with Crippen LogP contribution in [0.3, 0.4) is 0 Å². The number of ether oxygens (including phenoxy) is 1.